The third kappa shape index (κ3) is 5.10. The SMILES string of the molecule is O=C(Nc1ccc(Cl)cc1)c1ccccc1SC1CC(=O)N(c2cccc(C(F)(F)F)c2)C1=O. The third-order valence-electron chi connectivity index (χ3n) is 5.04. The largest absolute Gasteiger partial charge is 0.416 e. The number of alkyl halides is 3. The molecule has 0 radical (unpaired) electrons. The van der Waals surface area contributed by atoms with Crippen LogP contribution in [0.3, 0.4) is 0 Å². The average Bonchev–Trinajstić information content (AvgIpc) is 3.08. The predicted molar refractivity (Wildman–Crippen MR) is 124 cm³/mol. The van der Waals surface area contributed by atoms with Gasteiger partial charge >= 0.3 is 6.18 Å². The molecule has 0 aromatic heterocycles. The lowest BCUT2D eigenvalue weighted by molar-refractivity contribution is -0.137. The smallest absolute Gasteiger partial charge is 0.322 e. The summed E-state index contributed by atoms with van der Waals surface area (Å²) in [5, 5.41) is 2.38. The van der Waals surface area contributed by atoms with Crippen LogP contribution in [-0.2, 0) is 15.8 Å². The van der Waals surface area contributed by atoms with Crippen molar-refractivity contribution < 1.29 is 27.6 Å². The van der Waals surface area contributed by atoms with Crippen LogP contribution in [0.15, 0.2) is 77.7 Å². The summed E-state index contributed by atoms with van der Waals surface area (Å²) in [5.74, 6) is -1.66. The van der Waals surface area contributed by atoms with Gasteiger partial charge in [0.2, 0.25) is 11.8 Å². The highest BCUT2D eigenvalue weighted by Gasteiger charge is 2.41. The second-order valence-corrected chi connectivity index (χ2v) is 9.06. The van der Waals surface area contributed by atoms with E-state index in [1.165, 1.54) is 6.07 Å². The summed E-state index contributed by atoms with van der Waals surface area (Å²) in [6.45, 7) is 0. The zero-order valence-electron chi connectivity index (χ0n) is 17.3. The average molecular weight is 505 g/mol. The van der Waals surface area contributed by atoms with E-state index in [2.05, 4.69) is 5.32 Å². The van der Waals surface area contributed by atoms with E-state index in [9.17, 15) is 27.6 Å². The molecule has 34 heavy (non-hydrogen) atoms. The zero-order chi connectivity index (χ0) is 24.5. The monoisotopic (exact) mass is 504 g/mol. The van der Waals surface area contributed by atoms with Gasteiger partial charge in [-0.1, -0.05) is 29.8 Å². The molecule has 4 rings (SSSR count). The molecule has 1 heterocycles. The van der Waals surface area contributed by atoms with Crippen molar-refractivity contribution in [3.63, 3.8) is 0 Å². The van der Waals surface area contributed by atoms with Crippen LogP contribution in [0.5, 0.6) is 0 Å². The van der Waals surface area contributed by atoms with Gasteiger partial charge in [-0.3, -0.25) is 14.4 Å². The molecular weight excluding hydrogens is 489 g/mol. The molecule has 3 amide bonds. The summed E-state index contributed by atoms with van der Waals surface area (Å²) < 4.78 is 39.2. The number of hydrogen-bond donors (Lipinski definition) is 1. The maximum absolute atomic E-state index is 13.1. The normalized spacial score (nSPS) is 16.1. The number of nitrogens with zero attached hydrogens (tertiary/aromatic N) is 1. The fourth-order valence-corrected chi connectivity index (χ4v) is 4.74. The van der Waals surface area contributed by atoms with Crippen molar-refractivity contribution in [2.24, 2.45) is 0 Å². The number of imide groups is 1. The fraction of sp³-hybridized carbons (Fsp3) is 0.125. The number of thioether (sulfide) groups is 1. The molecule has 1 atom stereocenters. The first kappa shape index (κ1) is 23.8. The Morgan fingerprint density at radius 1 is 1.00 bits per heavy atom. The first-order valence-electron chi connectivity index (χ1n) is 10.00. The van der Waals surface area contributed by atoms with Crippen LogP contribution in [0, 0.1) is 0 Å². The first-order chi connectivity index (χ1) is 16.1. The van der Waals surface area contributed by atoms with Crippen molar-refractivity contribution in [1.82, 2.24) is 0 Å². The lowest BCUT2D eigenvalue weighted by Crippen LogP contribution is -2.31. The summed E-state index contributed by atoms with van der Waals surface area (Å²) >= 11 is 6.89. The van der Waals surface area contributed by atoms with Crippen LogP contribution >= 0.6 is 23.4 Å². The molecule has 0 spiro atoms. The Kier molecular flexibility index (Phi) is 6.67. The molecule has 1 N–H and O–H groups in total. The van der Waals surface area contributed by atoms with Gasteiger partial charge in [-0.25, -0.2) is 4.90 Å². The minimum Gasteiger partial charge on any atom is -0.322 e. The van der Waals surface area contributed by atoms with Gasteiger partial charge in [0, 0.05) is 22.0 Å². The van der Waals surface area contributed by atoms with Crippen molar-refractivity contribution >= 4 is 52.5 Å². The minimum absolute atomic E-state index is 0.137. The molecular formula is C24H16ClF3N2O3S. The minimum atomic E-state index is -4.60. The predicted octanol–water partition coefficient (Wildman–Crippen LogP) is 6.04. The zero-order valence-corrected chi connectivity index (χ0v) is 18.9. The van der Waals surface area contributed by atoms with E-state index in [-0.39, 0.29) is 12.1 Å². The van der Waals surface area contributed by atoms with Gasteiger partial charge < -0.3 is 5.32 Å². The van der Waals surface area contributed by atoms with E-state index in [1.807, 2.05) is 0 Å². The van der Waals surface area contributed by atoms with E-state index >= 15 is 0 Å². The standard InChI is InChI=1S/C24H16ClF3N2O3S/c25-15-8-10-16(11-9-15)29-22(32)18-6-1-2-7-19(18)34-20-13-21(31)30(23(20)33)17-5-3-4-14(12-17)24(26,27)28/h1-12,20H,13H2,(H,29,32). The summed E-state index contributed by atoms with van der Waals surface area (Å²) in [6.07, 6.45) is -4.81. The lowest BCUT2D eigenvalue weighted by atomic mass is 10.2. The molecule has 1 aliphatic rings. The fourth-order valence-electron chi connectivity index (χ4n) is 3.43. The van der Waals surface area contributed by atoms with Gasteiger partial charge in [-0.2, -0.15) is 13.2 Å². The molecule has 5 nitrogen and oxygen atoms in total. The third-order valence-corrected chi connectivity index (χ3v) is 6.55. The number of anilines is 2. The first-order valence-corrected chi connectivity index (χ1v) is 11.3. The van der Waals surface area contributed by atoms with Gasteiger partial charge in [-0.05, 0) is 54.6 Å². The van der Waals surface area contributed by atoms with E-state index in [4.69, 9.17) is 11.6 Å². The number of rotatable bonds is 5. The van der Waals surface area contributed by atoms with Crippen molar-refractivity contribution in [3.05, 3.63) is 88.9 Å². The van der Waals surface area contributed by atoms with Crippen LogP contribution in [0.1, 0.15) is 22.3 Å². The van der Waals surface area contributed by atoms with Gasteiger partial charge in [-0.15, -0.1) is 11.8 Å². The van der Waals surface area contributed by atoms with Crippen LogP contribution in [0.2, 0.25) is 5.02 Å². The maximum atomic E-state index is 13.1. The van der Waals surface area contributed by atoms with E-state index in [0.29, 0.717) is 21.2 Å². The van der Waals surface area contributed by atoms with Gasteiger partial charge in [0.1, 0.15) is 0 Å². The number of hydrogen-bond acceptors (Lipinski definition) is 4. The van der Waals surface area contributed by atoms with Gasteiger partial charge in [0.15, 0.2) is 0 Å². The highest BCUT2D eigenvalue weighted by atomic mass is 35.5. The van der Waals surface area contributed by atoms with E-state index in [1.54, 1.807) is 48.5 Å². The van der Waals surface area contributed by atoms with Crippen molar-refractivity contribution in [3.8, 4) is 0 Å². The number of nitrogens with one attached hydrogen (secondary N) is 1. The van der Waals surface area contributed by atoms with Crippen molar-refractivity contribution in [1.29, 1.82) is 0 Å². The number of carbonyl (C=O) groups excluding carboxylic acids is 3. The molecule has 174 valence electrons. The summed E-state index contributed by atoms with van der Waals surface area (Å²) in [4.78, 5) is 39.6. The highest BCUT2D eigenvalue weighted by Crippen LogP contribution is 2.37. The Hall–Kier alpha value is -3.30. The van der Waals surface area contributed by atoms with Crippen LogP contribution in [0.4, 0.5) is 24.5 Å². The summed E-state index contributed by atoms with van der Waals surface area (Å²) in [7, 11) is 0. The number of halogens is 4. The molecule has 0 bridgehead atoms. The Labute approximate surface area is 201 Å². The van der Waals surface area contributed by atoms with E-state index < -0.39 is 34.7 Å². The summed E-state index contributed by atoms with van der Waals surface area (Å²) in [6, 6.07) is 17.2. The number of amides is 3. The number of benzene rings is 3. The second-order valence-electron chi connectivity index (χ2n) is 7.38. The molecule has 0 aliphatic carbocycles. The molecule has 0 saturated carbocycles. The Morgan fingerprint density at radius 2 is 1.71 bits per heavy atom. The molecule has 1 saturated heterocycles. The Morgan fingerprint density at radius 3 is 2.41 bits per heavy atom. The summed E-state index contributed by atoms with van der Waals surface area (Å²) in [5.41, 5.74) is -0.273. The molecule has 3 aromatic rings. The molecule has 3 aromatic carbocycles. The Balaban J connectivity index is 1.54. The van der Waals surface area contributed by atoms with Gasteiger partial charge in [0.25, 0.3) is 5.91 Å². The molecule has 1 fully saturated rings. The van der Waals surface area contributed by atoms with Crippen LogP contribution in [-0.4, -0.2) is 23.0 Å². The quantitative estimate of drug-likeness (QED) is 0.430. The molecule has 1 unspecified atom stereocenters. The lowest BCUT2D eigenvalue weighted by Gasteiger charge is -2.17. The maximum Gasteiger partial charge on any atom is 0.416 e. The number of carbonyl (C=O) groups is 3. The van der Waals surface area contributed by atoms with Crippen LogP contribution in [0.25, 0.3) is 0 Å². The topological polar surface area (TPSA) is 66.5 Å². The van der Waals surface area contributed by atoms with E-state index in [0.717, 1.165) is 34.9 Å². The molecule has 1 aliphatic heterocycles. The van der Waals surface area contributed by atoms with Crippen LogP contribution < -0.4 is 10.2 Å². The highest BCUT2D eigenvalue weighted by molar-refractivity contribution is 8.00. The second kappa shape index (κ2) is 9.52. The van der Waals surface area contributed by atoms with Crippen molar-refractivity contribution in [2.45, 2.75) is 22.7 Å². The van der Waals surface area contributed by atoms with Crippen molar-refractivity contribution in [2.75, 3.05) is 10.2 Å². The Bertz CT molecular complexity index is 1260. The van der Waals surface area contributed by atoms with Gasteiger partial charge in [0.05, 0.1) is 22.1 Å². The molecule has 10 heteroatoms.